The molecule has 0 saturated heterocycles. The van der Waals surface area contributed by atoms with Crippen molar-refractivity contribution in [1.82, 2.24) is 0 Å². The number of carboxylic acid groups (broad SMARTS) is 1. The highest BCUT2D eigenvalue weighted by Crippen LogP contribution is 2.73. The molecule has 0 amide bonds. The minimum absolute atomic E-state index is 0.203. The van der Waals surface area contributed by atoms with Crippen molar-refractivity contribution in [1.29, 1.82) is 0 Å². The zero-order valence-corrected chi connectivity index (χ0v) is 22.1. The molecule has 3 saturated carbocycles. The van der Waals surface area contributed by atoms with E-state index < -0.39 is 5.97 Å². The number of carbonyl (C=O) groups excluding carboxylic acids is 1. The highest BCUT2D eigenvalue weighted by Gasteiger charge is 2.65. The van der Waals surface area contributed by atoms with Gasteiger partial charge in [0.2, 0.25) is 0 Å². The third-order valence-corrected chi connectivity index (χ3v) is 11.7. The Balaban J connectivity index is 1.59. The molecule has 0 aromatic rings. The predicted molar refractivity (Wildman–Crippen MR) is 134 cm³/mol. The molecular formula is C30H46O3. The highest BCUT2D eigenvalue weighted by molar-refractivity contribution is 5.86. The molecule has 184 valence electrons. The van der Waals surface area contributed by atoms with Crippen LogP contribution in [0.2, 0.25) is 0 Å². The van der Waals surface area contributed by atoms with Crippen molar-refractivity contribution in [3.8, 4) is 0 Å². The molecule has 0 heterocycles. The van der Waals surface area contributed by atoms with Crippen LogP contribution in [0.5, 0.6) is 0 Å². The van der Waals surface area contributed by atoms with E-state index in [1.54, 1.807) is 12.5 Å². The molecular weight excluding hydrogens is 408 g/mol. The molecule has 0 spiro atoms. The van der Waals surface area contributed by atoms with Crippen LogP contribution >= 0.6 is 0 Å². The van der Waals surface area contributed by atoms with Gasteiger partial charge in [-0.1, -0.05) is 59.3 Å². The Bertz CT molecular complexity index is 894. The van der Waals surface area contributed by atoms with Crippen LogP contribution in [0.1, 0.15) is 106 Å². The number of hydrogen-bond donors (Lipinski definition) is 1. The first-order valence-electron chi connectivity index (χ1n) is 13.4. The van der Waals surface area contributed by atoms with Gasteiger partial charge in [0.05, 0.1) is 0 Å². The van der Waals surface area contributed by atoms with Crippen molar-refractivity contribution >= 4 is 11.8 Å². The van der Waals surface area contributed by atoms with E-state index >= 15 is 0 Å². The standard InChI is InChI=1S/C30H46O3/c1-19(9-8-10-20(2)26(32)33)21-13-17-30(7)23-11-12-24-27(3,4)25(31)15-16-28(24,5)22(23)14-18-29(21,30)6/h10-11,19,21-22,24H,8-9,12-18H2,1-7H3,(H,32,33)/b20-10-/t19-,21?,22?,24?,28-,29+,30-/m1/s1. The molecule has 4 aliphatic rings. The fourth-order valence-electron chi connectivity index (χ4n) is 9.32. The van der Waals surface area contributed by atoms with Gasteiger partial charge in [0, 0.05) is 17.4 Å². The molecule has 4 aliphatic carbocycles. The lowest BCUT2D eigenvalue weighted by molar-refractivity contribution is -0.146. The van der Waals surface area contributed by atoms with E-state index in [0.29, 0.717) is 40.4 Å². The Morgan fingerprint density at radius 1 is 1.15 bits per heavy atom. The summed E-state index contributed by atoms with van der Waals surface area (Å²) in [7, 11) is 0. The average molecular weight is 455 g/mol. The second-order valence-electron chi connectivity index (χ2n) is 13.3. The van der Waals surface area contributed by atoms with Crippen LogP contribution in [0.25, 0.3) is 0 Å². The summed E-state index contributed by atoms with van der Waals surface area (Å²) in [4.78, 5) is 23.9. The average Bonchev–Trinajstić information content (AvgIpc) is 3.02. The second-order valence-corrected chi connectivity index (χ2v) is 13.3. The molecule has 0 aromatic carbocycles. The van der Waals surface area contributed by atoms with Gasteiger partial charge in [-0.15, -0.1) is 0 Å². The number of Topliss-reactive ketones (excluding diaryl/α,β-unsaturated/α-hetero) is 1. The van der Waals surface area contributed by atoms with Crippen molar-refractivity contribution < 1.29 is 14.7 Å². The van der Waals surface area contributed by atoms with Crippen molar-refractivity contribution in [3.05, 3.63) is 23.3 Å². The lowest BCUT2D eigenvalue weighted by Gasteiger charge is -2.63. The van der Waals surface area contributed by atoms with Gasteiger partial charge in [-0.25, -0.2) is 4.79 Å². The van der Waals surface area contributed by atoms with Crippen LogP contribution in [0.4, 0.5) is 0 Å². The largest absolute Gasteiger partial charge is 0.478 e. The minimum Gasteiger partial charge on any atom is -0.478 e. The Morgan fingerprint density at radius 3 is 2.52 bits per heavy atom. The van der Waals surface area contributed by atoms with E-state index in [4.69, 9.17) is 5.11 Å². The van der Waals surface area contributed by atoms with Crippen LogP contribution in [0, 0.1) is 45.3 Å². The third-order valence-electron chi connectivity index (χ3n) is 11.7. The van der Waals surface area contributed by atoms with Crippen molar-refractivity contribution in [2.45, 2.75) is 106 Å². The number of rotatable bonds is 5. The fraction of sp³-hybridized carbons (Fsp3) is 0.800. The van der Waals surface area contributed by atoms with Gasteiger partial charge in [0.25, 0.3) is 0 Å². The molecule has 3 nitrogen and oxygen atoms in total. The molecule has 3 fully saturated rings. The summed E-state index contributed by atoms with van der Waals surface area (Å²) in [5, 5.41) is 9.16. The maximum atomic E-state index is 12.8. The smallest absolute Gasteiger partial charge is 0.330 e. The number of hydrogen-bond acceptors (Lipinski definition) is 2. The first kappa shape index (κ1) is 24.7. The number of ketones is 1. The molecule has 3 unspecified atom stereocenters. The molecule has 33 heavy (non-hydrogen) atoms. The van der Waals surface area contributed by atoms with Gasteiger partial charge in [-0.2, -0.15) is 0 Å². The summed E-state index contributed by atoms with van der Waals surface area (Å²) in [6.07, 6.45) is 14.4. The summed E-state index contributed by atoms with van der Waals surface area (Å²) < 4.78 is 0. The van der Waals surface area contributed by atoms with Crippen molar-refractivity contribution in [3.63, 3.8) is 0 Å². The topological polar surface area (TPSA) is 54.4 Å². The number of allylic oxidation sites excluding steroid dienone is 3. The van der Waals surface area contributed by atoms with Gasteiger partial charge in [0.15, 0.2) is 0 Å². The summed E-state index contributed by atoms with van der Waals surface area (Å²) in [5.74, 6) is 2.05. The van der Waals surface area contributed by atoms with E-state index in [1.165, 1.54) is 25.7 Å². The summed E-state index contributed by atoms with van der Waals surface area (Å²) in [5.41, 5.74) is 2.80. The monoisotopic (exact) mass is 454 g/mol. The maximum absolute atomic E-state index is 12.8. The zero-order valence-electron chi connectivity index (χ0n) is 22.1. The SMILES string of the molecule is C/C(=C/CC[C@@H](C)C1CC[C@]2(C)C3=CCC4C(C)(C)C(=O)CC[C@]4(C)C3CC[C@@]12C)C(=O)O. The molecule has 1 N–H and O–H groups in total. The quantitative estimate of drug-likeness (QED) is 0.343. The number of carboxylic acids is 1. The molecule has 0 radical (unpaired) electrons. The normalized spacial score (nSPS) is 43.2. The van der Waals surface area contributed by atoms with Gasteiger partial charge >= 0.3 is 5.97 Å². The van der Waals surface area contributed by atoms with E-state index in [1.807, 2.05) is 6.08 Å². The lowest BCUT2D eigenvalue weighted by atomic mass is 9.41. The Morgan fingerprint density at radius 2 is 1.85 bits per heavy atom. The Labute approximate surface area is 201 Å². The zero-order chi connectivity index (χ0) is 24.4. The Kier molecular flexibility index (Phi) is 6.07. The number of aliphatic carboxylic acids is 1. The molecule has 4 rings (SSSR count). The molecule has 7 atom stereocenters. The predicted octanol–water partition coefficient (Wildman–Crippen LogP) is 7.61. The lowest BCUT2D eigenvalue weighted by Crippen LogP contribution is -2.57. The van der Waals surface area contributed by atoms with E-state index in [2.05, 4.69) is 47.6 Å². The van der Waals surface area contributed by atoms with Crippen LogP contribution < -0.4 is 0 Å². The molecule has 3 heteroatoms. The van der Waals surface area contributed by atoms with Crippen LogP contribution in [-0.4, -0.2) is 16.9 Å². The number of fused-ring (bicyclic) bond motifs is 5. The van der Waals surface area contributed by atoms with Crippen LogP contribution in [0.3, 0.4) is 0 Å². The van der Waals surface area contributed by atoms with Crippen LogP contribution in [-0.2, 0) is 9.59 Å². The van der Waals surface area contributed by atoms with Gasteiger partial charge in [-0.05, 0) is 98.2 Å². The van der Waals surface area contributed by atoms with E-state index in [9.17, 15) is 9.59 Å². The van der Waals surface area contributed by atoms with Gasteiger partial charge < -0.3 is 5.11 Å². The summed E-state index contributed by atoms with van der Waals surface area (Å²) in [6.45, 7) is 16.2. The minimum atomic E-state index is -0.801. The van der Waals surface area contributed by atoms with Crippen molar-refractivity contribution in [2.75, 3.05) is 0 Å². The van der Waals surface area contributed by atoms with Crippen LogP contribution in [0.15, 0.2) is 23.3 Å². The number of carbonyl (C=O) groups is 2. The third kappa shape index (κ3) is 3.50. The molecule has 0 bridgehead atoms. The van der Waals surface area contributed by atoms with E-state index in [-0.39, 0.29) is 16.2 Å². The molecule has 0 aliphatic heterocycles. The first-order valence-corrected chi connectivity index (χ1v) is 13.4. The van der Waals surface area contributed by atoms with Gasteiger partial charge in [-0.3, -0.25) is 4.79 Å². The maximum Gasteiger partial charge on any atom is 0.330 e. The highest BCUT2D eigenvalue weighted by atomic mass is 16.4. The Hall–Kier alpha value is -1.38. The van der Waals surface area contributed by atoms with Gasteiger partial charge in [0.1, 0.15) is 5.78 Å². The van der Waals surface area contributed by atoms with Crippen molar-refractivity contribution in [2.24, 2.45) is 45.3 Å². The molecule has 0 aromatic heterocycles. The second kappa shape index (κ2) is 8.09. The summed E-state index contributed by atoms with van der Waals surface area (Å²) >= 11 is 0. The summed E-state index contributed by atoms with van der Waals surface area (Å²) in [6, 6.07) is 0. The first-order chi connectivity index (χ1) is 15.3. The van der Waals surface area contributed by atoms with E-state index in [0.717, 1.165) is 32.1 Å². The fourth-order valence-corrected chi connectivity index (χ4v) is 9.32.